The number of rotatable bonds is 4. The lowest BCUT2D eigenvalue weighted by Crippen LogP contribution is -2.33. The molecule has 0 saturated carbocycles. The Labute approximate surface area is 94.8 Å². The second-order valence-electron chi connectivity index (χ2n) is 3.25. The first kappa shape index (κ1) is 12.2. The van der Waals surface area contributed by atoms with Crippen molar-refractivity contribution in [3.8, 4) is 0 Å². The Kier molecular flexibility index (Phi) is 4.51. The molecule has 0 unspecified atom stereocenters. The van der Waals surface area contributed by atoms with Gasteiger partial charge in [0.1, 0.15) is 6.54 Å². The predicted octanol–water partition coefficient (Wildman–Crippen LogP) is 1.12. The highest BCUT2D eigenvalue weighted by Gasteiger charge is 2.14. The Morgan fingerprint density at radius 1 is 1.38 bits per heavy atom. The third kappa shape index (κ3) is 3.38. The minimum absolute atomic E-state index is 0.0364. The summed E-state index contributed by atoms with van der Waals surface area (Å²) in [4.78, 5) is 24.3. The predicted molar refractivity (Wildman–Crippen MR) is 58.9 cm³/mol. The van der Waals surface area contributed by atoms with E-state index in [0.717, 1.165) is 0 Å². The Hall–Kier alpha value is -1.84. The summed E-state index contributed by atoms with van der Waals surface area (Å²) in [6.07, 6.45) is 0. The first-order valence-electron chi connectivity index (χ1n) is 5.02. The van der Waals surface area contributed by atoms with E-state index in [4.69, 9.17) is 4.74 Å². The van der Waals surface area contributed by atoms with Crippen molar-refractivity contribution in [1.29, 1.82) is 0 Å². The summed E-state index contributed by atoms with van der Waals surface area (Å²) in [5.74, 6) is -0.608. The number of carbonyl (C=O) groups is 2. The molecule has 0 aliphatic carbocycles. The minimum atomic E-state index is -0.402. The summed E-state index contributed by atoms with van der Waals surface area (Å²) in [5, 5.41) is 0. The molecule has 0 N–H and O–H groups in total. The van der Waals surface area contributed by atoms with Gasteiger partial charge in [-0.3, -0.25) is 9.59 Å². The number of amides is 1. The molecule has 0 heterocycles. The second kappa shape index (κ2) is 5.90. The van der Waals surface area contributed by atoms with Crippen LogP contribution in [0.3, 0.4) is 0 Å². The molecule has 1 amide bonds. The van der Waals surface area contributed by atoms with Crippen molar-refractivity contribution in [1.82, 2.24) is 4.90 Å². The molecule has 1 aromatic carbocycles. The fourth-order valence-corrected chi connectivity index (χ4v) is 1.22. The molecule has 0 atom stereocenters. The van der Waals surface area contributed by atoms with Gasteiger partial charge in [-0.05, 0) is 25.1 Å². The monoisotopic (exact) mass is 220 g/mol. The zero-order chi connectivity index (χ0) is 12.0. The smallest absolute Gasteiger partial charge is 0.325 e. The van der Waals surface area contributed by atoms with Crippen LogP contribution in [0.15, 0.2) is 24.3 Å². The summed E-state index contributed by atoms with van der Waals surface area (Å²) in [6, 6.07) is 9.46. The first-order chi connectivity index (χ1) is 7.65. The Morgan fingerprint density at radius 3 is 2.56 bits per heavy atom. The summed E-state index contributed by atoms with van der Waals surface area (Å²) in [5.41, 5.74) is 0.533. The van der Waals surface area contributed by atoms with Crippen LogP contribution in [0.4, 0.5) is 0 Å². The lowest BCUT2D eigenvalue weighted by molar-refractivity contribution is -0.143. The van der Waals surface area contributed by atoms with Gasteiger partial charge in [0.05, 0.1) is 6.61 Å². The van der Waals surface area contributed by atoms with Crippen molar-refractivity contribution < 1.29 is 14.3 Å². The van der Waals surface area contributed by atoms with E-state index < -0.39 is 5.97 Å². The SMILES string of the molecule is CCOC(=O)CN(C)C(=O)c1cc[c]cc1. The Bertz CT molecular complexity index is 362. The molecule has 0 aliphatic heterocycles. The maximum Gasteiger partial charge on any atom is 0.325 e. The standard InChI is InChI=1S/C12H14NO3/c1-3-16-11(14)9-13(2)12(15)10-7-5-4-6-8-10/h5-8H,3,9H2,1-2H3. The third-order valence-electron chi connectivity index (χ3n) is 1.98. The number of carbonyl (C=O) groups excluding carboxylic acids is 2. The fraction of sp³-hybridized carbons (Fsp3) is 0.333. The van der Waals surface area contributed by atoms with Crippen molar-refractivity contribution in [3.63, 3.8) is 0 Å². The fourth-order valence-electron chi connectivity index (χ4n) is 1.22. The Morgan fingerprint density at radius 2 is 2.00 bits per heavy atom. The molecule has 4 heteroatoms. The van der Waals surface area contributed by atoms with Crippen molar-refractivity contribution in [2.24, 2.45) is 0 Å². The first-order valence-corrected chi connectivity index (χ1v) is 5.02. The van der Waals surface area contributed by atoms with Crippen molar-refractivity contribution in [2.45, 2.75) is 6.92 Å². The zero-order valence-electron chi connectivity index (χ0n) is 9.40. The molecule has 0 aliphatic rings. The minimum Gasteiger partial charge on any atom is -0.465 e. The highest BCUT2D eigenvalue weighted by molar-refractivity contribution is 5.95. The molecule has 0 bridgehead atoms. The second-order valence-corrected chi connectivity index (χ2v) is 3.25. The van der Waals surface area contributed by atoms with Gasteiger partial charge in [-0.25, -0.2) is 0 Å². The van der Waals surface area contributed by atoms with Gasteiger partial charge in [0.15, 0.2) is 0 Å². The van der Waals surface area contributed by atoms with E-state index in [9.17, 15) is 9.59 Å². The van der Waals surface area contributed by atoms with Gasteiger partial charge >= 0.3 is 5.97 Å². The average molecular weight is 220 g/mol. The summed E-state index contributed by atoms with van der Waals surface area (Å²) >= 11 is 0. The van der Waals surface area contributed by atoms with E-state index in [1.54, 1.807) is 38.2 Å². The van der Waals surface area contributed by atoms with Crippen LogP contribution >= 0.6 is 0 Å². The van der Waals surface area contributed by atoms with Crippen LogP contribution in [0.2, 0.25) is 0 Å². The molecule has 0 fully saturated rings. The lowest BCUT2D eigenvalue weighted by atomic mass is 10.2. The van der Waals surface area contributed by atoms with Gasteiger partial charge in [-0.1, -0.05) is 12.1 Å². The van der Waals surface area contributed by atoms with E-state index in [2.05, 4.69) is 6.07 Å². The number of ether oxygens (including phenoxy) is 1. The molecule has 0 saturated heterocycles. The van der Waals surface area contributed by atoms with Crippen LogP contribution < -0.4 is 0 Å². The quantitative estimate of drug-likeness (QED) is 0.714. The summed E-state index contributed by atoms with van der Waals surface area (Å²) in [7, 11) is 1.57. The zero-order valence-corrected chi connectivity index (χ0v) is 9.40. The van der Waals surface area contributed by atoms with Gasteiger partial charge in [-0.2, -0.15) is 0 Å². The molecule has 0 spiro atoms. The number of nitrogens with zero attached hydrogens (tertiary/aromatic N) is 1. The maximum atomic E-state index is 11.8. The van der Waals surface area contributed by atoms with Gasteiger partial charge < -0.3 is 9.64 Å². The highest BCUT2D eigenvalue weighted by atomic mass is 16.5. The van der Waals surface area contributed by atoms with Crippen LogP contribution in [0.1, 0.15) is 17.3 Å². The van der Waals surface area contributed by atoms with E-state index in [0.29, 0.717) is 12.2 Å². The summed E-state index contributed by atoms with van der Waals surface area (Å²) < 4.78 is 4.76. The summed E-state index contributed by atoms with van der Waals surface area (Å²) in [6.45, 7) is 2.01. The number of likely N-dealkylation sites (N-methyl/N-ethyl adjacent to an activating group) is 1. The largest absolute Gasteiger partial charge is 0.465 e. The molecule has 1 aromatic rings. The van der Waals surface area contributed by atoms with Crippen LogP contribution in [0.25, 0.3) is 0 Å². The molecular weight excluding hydrogens is 206 g/mol. The number of hydrogen-bond acceptors (Lipinski definition) is 3. The molecule has 85 valence electrons. The molecule has 4 nitrogen and oxygen atoms in total. The third-order valence-corrected chi connectivity index (χ3v) is 1.98. The van der Waals surface area contributed by atoms with Gasteiger partial charge in [0, 0.05) is 12.6 Å². The normalized spacial score (nSPS) is 9.62. The van der Waals surface area contributed by atoms with Gasteiger partial charge in [-0.15, -0.1) is 0 Å². The van der Waals surface area contributed by atoms with E-state index in [-0.39, 0.29) is 12.5 Å². The molecule has 16 heavy (non-hydrogen) atoms. The molecule has 1 radical (unpaired) electrons. The van der Waals surface area contributed by atoms with Crippen molar-refractivity contribution in [3.05, 3.63) is 35.9 Å². The average Bonchev–Trinajstić information content (AvgIpc) is 2.29. The van der Waals surface area contributed by atoms with Crippen LogP contribution in [0, 0.1) is 6.07 Å². The van der Waals surface area contributed by atoms with Crippen LogP contribution in [-0.2, 0) is 9.53 Å². The van der Waals surface area contributed by atoms with Gasteiger partial charge in [0.2, 0.25) is 0 Å². The van der Waals surface area contributed by atoms with Gasteiger partial charge in [0.25, 0.3) is 5.91 Å². The Balaban J connectivity index is 2.58. The van der Waals surface area contributed by atoms with Crippen molar-refractivity contribution >= 4 is 11.9 Å². The van der Waals surface area contributed by atoms with E-state index in [1.807, 2.05) is 0 Å². The number of esters is 1. The maximum absolute atomic E-state index is 11.8. The van der Waals surface area contributed by atoms with Crippen molar-refractivity contribution in [2.75, 3.05) is 20.2 Å². The topological polar surface area (TPSA) is 46.6 Å². The van der Waals surface area contributed by atoms with E-state index >= 15 is 0 Å². The number of hydrogen-bond donors (Lipinski definition) is 0. The number of benzene rings is 1. The molecular formula is C12H14NO3. The lowest BCUT2D eigenvalue weighted by Gasteiger charge is -2.15. The van der Waals surface area contributed by atoms with Crippen LogP contribution in [-0.4, -0.2) is 37.0 Å². The van der Waals surface area contributed by atoms with Crippen LogP contribution in [0.5, 0.6) is 0 Å². The molecule has 1 rings (SSSR count). The highest BCUT2D eigenvalue weighted by Crippen LogP contribution is 2.02. The van der Waals surface area contributed by atoms with E-state index in [1.165, 1.54) is 4.90 Å². The molecule has 0 aromatic heterocycles.